The molecule has 1 saturated heterocycles. The second-order valence-electron chi connectivity index (χ2n) is 4.39. The van der Waals surface area contributed by atoms with Crippen molar-refractivity contribution >= 4 is 11.6 Å². The number of hydrogen-bond acceptors (Lipinski definition) is 2. The van der Waals surface area contributed by atoms with Crippen LogP contribution in [0.4, 0.5) is 4.39 Å². The van der Waals surface area contributed by atoms with Crippen molar-refractivity contribution in [1.29, 1.82) is 0 Å². The zero-order chi connectivity index (χ0) is 12.3. The highest BCUT2D eigenvalue weighted by atomic mass is 35.5. The zero-order valence-electron chi connectivity index (χ0n) is 9.88. The number of ether oxygens (including phenoxy) is 1. The normalized spacial score (nSPS) is 19.2. The summed E-state index contributed by atoms with van der Waals surface area (Å²) >= 11 is 5.70. The Morgan fingerprint density at radius 1 is 1.41 bits per heavy atom. The van der Waals surface area contributed by atoms with Gasteiger partial charge in [0.15, 0.2) is 0 Å². The summed E-state index contributed by atoms with van der Waals surface area (Å²) in [6.45, 7) is 1.58. The molecule has 1 aliphatic rings. The monoisotopic (exact) mass is 257 g/mol. The highest BCUT2D eigenvalue weighted by Crippen LogP contribution is 2.31. The molecule has 1 atom stereocenters. The molecule has 1 unspecified atom stereocenters. The first-order chi connectivity index (χ1) is 8.22. The van der Waals surface area contributed by atoms with Crippen LogP contribution in [-0.2, 0) is 4.74 Å². The highest BCUT2D eigenvalue weighted by Gasteiger charge is 2.24. The third-order valence-electron chi connectivity index (χ3n) is 3.35. The van der Waals surface area contributed by atoms with E-state index in [0.717, 1.165) is 31.6 Å². The van der Waals surface area contributed by atoms with Crippen LogP contribution in [0.25, 0.3) is 0 Å². The second kappa shape index (κ2) is 5.80. The van der Waals surface area contributed by atoms with E-state index in [-0.39, 0.29) is 16.9 Å². The molecule has 2 nitrogen and oxygen atoms in total. The molecule has 1 heterocycles. The summed E-state index contributed by atoms with van der Waals surface area (Å²) in [7, 11) is 1.91. The Morgan fingerprint density at radius 2 is 2.12 bits per heavy atom. The van der Waals surface area contributed by atoms with Gasteiger partial charge in [-0.05, 0) is 43.5 Å². The van der Waals surface area contributed by atoms with Gasteiger partial charge < -0.3 is 10.1 Å². The van der Waals surface area contributed by atoms with Crippen LogP contribution < -0.4 is 5.32 Å². The van der Waals surface area contributed by atoms with Gasteiger partial charge in [0.25, 0.3) is 0 Å². The first-order valence-electron chi connectivity index (χ1n) is 5.92. The molecule has 0 spiro atoms. The van der Waals surface area contributed by atoms with Crippen molar-refractivity contribution in [3.05, 3.63) is 34.6 Å². The Morgan fingerprint density at radius 3 is 2.71 bits per heavy atom. The van der Waals surface area contributed by atoms with Crippen molar-refractivity contribution in [2.24, 2.45) is 5.92 Å². The first kappa shape index (κ1) is 12.8. The van der Waals surface area contributed by atoms with E-state index >= 15 is 0 Å². The van der Waals surface area contributed by atoms with Crippen LogP contribution in [0.5, 0.6) is 0 Å². The lowest BCUT2D eigenvalue weighted by Crippen LogP contribution is -2.30. The van der Waals surface area contributed by atoms with Crippen LogP contribution in [-0.4, -0.2) is 20.3 Å². The Bertz CT molecular complexity index is 380. The summed E-state index contributed by atoms with van der Waals surface area (Å²) in [5.41, 5.74) is 0.960. The quantitative estimate of drug-likeness (QED) is 0.898. The van der Waals surface area contributed by atoms with Crippen LogP contribution in [0.15, 0.2) is 18.2 Å². The molecule has 1 aromatic rings. The fraction of sp³-hybridized carbons (Fsp3) is 0.538. The van der Waals surface area contributed by atoms with Crippen LogP contribution >= 0.6 is 11.6 Å². The summed E-state index contributed by atoms with van der Waals surface area (Å²) in [6.07, 6.45) is 2.02. The Balaban J connectivity index is 2.18. The zero-order valence-corrected chi connectivity index (χ0v) is 10.6. The van der Waals surface area contributed by atoms with Crippen LogP contribution in [0.2, 0.25) is 5.02 Å². The van der Waals surface area contributed by atoms with Gasteiger partial charge in [0.05, 0.1) is 5.02 Å². The molecule has 0 amide bonds. The molecule has 1 N–H and O–H groups in total. The van der Waals surface area contributed by atoms with E-state index in [9.17, 15) is 4.39 Å². The molecule has 1 fully saturated rings. The topological polar surface area (TPSA) is 21.3 Å². The van der Waals surface area contributed by atoms with E-state index in [0.29, 0.717) is 5.92 Å². The maximum absolute atomic E-state index is 13.5. The number of benzene rings is 1. The molecule has 17 heavy (non-hydrogen) atoms. The van der Waals surface area contributed by atoms with Gasteiger partial charge in [-0.25, -0.2) is 4.39 Å². The van der Waals surface area contributed by atoms with Crippen LogP contribution in [0.1, 0.15) is 24.4 Å². The number of nitrogens with one attached hydrogen (secondary N) is 1. The van der Waals surface area contributed by atoms with Crippen LogP contribution in [0.3, 0.4) is 0 Å². The van der Waals surface area contributed by atoms with Gasteiger partial charge in [-0.15, -0.1) is 0 Å². The summed E-state index contributed by atoms with van der Waals surface area (Å²) < 4.78 is 18.8. The van der Waals surface area contributed by atoms with Crippen LogP contribution in [0, 0.1) is 11.7 Å². The van der Waals surface area contributed by atoms with E-state index in [4.69, 9.17) is 16.3 Å². The maximum Gasteiger partial charge on any atom is 0.142 e. The molecule has 0 bridgehead atoms. The molecule has 4 heteroatoms. The number of halogens is 2. The lowest BCUT2D eigenvalue weighted by molar-refractivity contribution is 0.0546. The predicted molar refractivity (Wildman–Crippen MR) is 66.8 cm³/mol. The van der Waals surface area contributed by atoms with E-state index in [1.807, 2.05) is 13.1 Å². The summed E-state index contributed by atoms with van der Waals surface area (Å²) in [5, 5.41) is 3.45. The van der Waals surface area contributed by atoms with Crippen molar-refractivity contribution in [3.8, 4) is 0 Å². The van der Waals surface area contributed by atoms with E-state index < -0.39 is 0 Å². The molecular formula is C13H17ClFNO. The van der Waals surface area contributed by atoms with Gasteiger partial charge in [-0.1, -0.05) is 17.7 Å². The van der Waals surface area contributed by atoms with E-state index in [1.165, 1.54) is 6.07 Å². The SMILES string of the molecule is CNC(c1ccc(Cl)c(F)c1)C1CCOCC1. The Hall–Kier alpha value is -0.640. The van der Waals surface area contributed by atoms with Gasteiger partial charge in [-0.2, -0.15) is 0 Å². The third kappa shape index (κ3) is 2.97. The average molecular weight is 258 g/mol. The molecule has 1 aliphatic heterocycles. The van der Waals surface area contributed by atoms with Crippen molar-refractivity contribution < 1.29 is 9.13 Å². The largest absolute Gasteiger partial charge is 0.381 e. The van der Waals surface area contributed by atoms with Gasteiger partial charge >= 0.3 is 0 Å². The van der Waals surface area contributed by atoms with Gasteiger partial charge in [0, 0.05) is 19.3 Å². The minimum atomic E-state index is -0.350. The van der Waals surface area contributed by atoms with Crippen molar-refractivity contribution in [2.75, 3.05) is 20.3 Å². The molecule has 94 valence electrons. The van der Waals surface area contributed by atoms with E-state index in [2.05, 4.69) is 5.32 Å². The molecule has 2 rings (SSSR count). The molecule has 0 aliphatic carbocycles. The first-order valence-corrected chi connectivity index (χ1v) is 6.30. The fourth-order valence-electron chi connectivity index (χ4n) is 2.43. The van der Waals surface area contributed by atoms with E-state index in [1.54, 1.807) is 6.07 Å². The molecular weight excluding hydrogens is 241 g/mol. The van der Waals surface area contributed by atoms with Gasteiger partial charge in [0.1, 0.15) is 5.82 Å². The molecule has 0 radical (unpaired) electrons. The summed E-state index contributed by atoms with van der Waals surface area (Å²) in [5.74, 6) is 0.144. The molecule has 0 aromatic heterocycles. The second-order valence-corrected chi connectivity index (χ2v) is 4.80. The van der Waals surface area contributed by atoms with Crippen molar-refractivity contribution in [1.82, 2.24) is 5.32 Å². The number of hydrogen-bond donors (Lipinski definition) is 1. The van der Waals surface area contributed by atoms with Gasteiger partial charge in [0.2, 0.25) is 0 Å². The van der Waals surface area contributed by atoms with Crippen molar-refractivity contribution in [3.63, 3.8) is 0 Å². The average Bonchev–Trinajstić information content (AvgIpc) is 2.36. The lowest BCUT2D eigenvalue weighted by atomic mass is 9.87. The summed E-state index contributed by atoms with van der Waals surface area (Å²) in [4.78, 5) is 0. The maximum atomic E-state index is 13.5. The highest BCUT2D eigenvalue weighted by molar-refractivity contribution is 6.30. The summed E-state index contributed by atoms with van der Waals surface area (Å²) in [6, 6.07) is 5.21. The molecule has 1 aromatic carbocycles. The Kier molecular flexibility index (Phi) is 4.37. The standard InChI is InChI=1S/C13H17ClFNO/c1-16-13(9-4-6-17-7-5-9)10-2-3-11(14)12(15)8-10/h2-3,8-9,13,16H,4-7H2,1H3. The predicted octanol–water partition coefficient (Wildman–Crippen LogP) is 3.17. The fourth-order valence-corrected chi connectivity index (χ4v) is 2.55. The molecule has 0 saturated carbocycles. The lowest BCUT2D eigenvalue weighted by Gasteiger charge is -2.30. The smallest absolute Gasteiger partial charge is 0.142 e. The van der Waals surface area contributed by atoms with Gasteiger partial charge in [-0.3, -0.25) is 0 Å². The van der Waals surface area contributed by atoms with Crippen molar-refractivity contribution in [2.45, 2.75) is 18.9 Å². The minimum Gasteiger partial charge on any atom is -0.381 e. The third-order valence-corrected chi connectivity index (χ3v) is 3.66. The Labute approximate surface area is 106 Å². The minimum absolute atomic E-state index is 0.172. The number of rotatable bonds is 3.